The Balaban J connectivity index is 2.39. The Kier molecular flexibility index (Phi) is 3.00. The molecule has 1 aromatic carbocycles. The van der Waals surface area contributed by atoms with Crippen LogP contribution < -0.4 is 0 Å². The number of ether oxygens (including phenoxy) is 1. The molecule has 1 aromatic heterocycles. The Morgan fingerprint density at radius 1 is 1.38 bits per heavy atom. The standard InChI is InChI=1S/C10H7BrN2O3/c1-15-10(14)9-13-12-8(16-9)6-4-2-3-5-7(6)11/h2-5H,1H3. The lowest BCUT2D eigenvalue weighted by atomic mass is 10.2. The fraction of sp³-hybridized carbons (Fsp3) is 0.100. The minimum absolute atomic E-state index is 0.159. The quantitative estimate of drug-likeness (QED) is 0.791. The van der Waals surface area contributed by atoms with Crippen LogP contribution >= 0.6 is 15.9 Å². The Hall–Kier alpha value is -1.69. The summed E-state index contributed by atoms with van der Waals surface area (Å²) in [6.07, 6.45) is 0. The van der Waals surface area contributed by atoms with Crippen molar-refractivity contribution in [1.82, 2.24) is 10.2 Å². The molecule has 6 heteroatoms. The molecule has 0 aliphatic heterocycles. The van der Waals surface area contributed by atoms with Crippen molar-refractivity contribution >= 4 is 21.9 Å². The maximum atomic E-state index is 11.1. The number of hydrogen-bond acceptors (Lipinski definition) is 5. The molecule has 0 amide bonds. The fourth-order valence-corrected chi connectivity index (χ4v) is 1.59. The van der Waals surface area contributed by atoms with Crippen molar-refractivity contribution in [2.45, 2.75) is 0 Å². The van der Waals surface area contributed by atoms with E-state index in [4.69, 9.17) is 4.42 Å². The third kappa shape index (κ3) is 1.96. The van der Waals surface area contributed by atoms with Gasteiger partial charge in [0.2, 0.25) is 5.89 Å². The van der Waals surface area contributed by atoms with E-state index in [2.05, 4.69) is 30.9 Å². The average Bonchev–Trinajstić information content (AvgIpc) is 2.78. The highest BCUT2D eigenvalue weighted by molar-refractivity contribution is 9.10. The normalized spacial score (nSPS) is 10.1. The van der Waals surface area contributed by atoms with Gasteiger partial charge in [-0.25, -0.2) is 4.79 Å². The topological polar surface area (TPSA) is 65.2 Å². The van der Waals surface area contributed by atoms with Crippen molar-refractivity contribution in [3.63, 3.8) is 0 Å². The van der Waals surface area contributed by atoms with Gasteiger partial charge in [0.05, 0.1) is 12.7 Å². The van der Waals surface area contributed by atoms with Crippen molar-refractivity contribution in [2.24, 2.45) is 0 Å². The molecule has 0 atom stereocenters. The summed E-state index contributed by atoms with van der Waals surface area (Å²) in [6.45, 7) is 0. The predicted molar refractivity (Wildman–Crippen MR) is 58.8 cm³/mol. The molecule has 82 valence electrons. The summed E-state index contributed by atoms with van der Waals surface area (Å²) in [7, 11) is 1.25. The van der Waals surface area contributed by atoms with Crippen molar-refractivity contribution in [3.05, 3.63) is 34.6 Å². The first-order chi connectivity index (χ1) is 7.72. The van der Waals surface area contributed by atoms with Gasteiger partial charge in [-0.05, 0) is 28.1 Å². The second-order valence-electron chi connectivity index (χ2n) is 2.88. The van der Waals surface area contributed by atoms with Crippen LogP contribution in [0.25, 0.3) is 11.5 Å². The average molecular weight is 283 g/mol. The summed E-state index contributed by atoms with van der Waals surface area (Å²) in [5, 5.41) is 7.36. The second-order valence-corrected chi connectivity index (χ2v) is 3.74. The van der Waals surface area contributed by atoms with Crippen LogP contribution in [0.5, 0.6) is 0 Å². The molecule has 0 aliphatic rings. The Morgan fingerprint density at radius 2 is 2.12 bits per heavy atom. The van der Waals surface area contributed by atoms with Crippen LogP contribution in [0.3, 0.4) is 0 Å². The molecule has 2 aromatic rings. The summed E-state index contributed by atoms with van der Waals surface area (Å²) in [4.78, 5) is 11.1. The molecule has 0 saturated heterocycles. The zero-order valence-electron chi connectivity index (χ0n) is 8.31. The van der Waals surface area contributed by atoms with Gasteiger partial charge >= 0.3 is 11.9 Å². The zero-order valence-corrected chi connectivity index (χ0v) is 9.89. The summed E-state index contributed by atoms with van der Waals surface area (Å²) < 4.78 is 10.5. The molecule has 0 fully saturated rings. The highest BCUT2D eigenvalue weighted by Crippen LogP contribution is 2.26. The molecule has 2 rings (SSSR count). The van der Waals surface area contributed by atoms with E-state index < -0.39 is 5.97 Å². The molecular weight excluding hydrogens is 276 g/mol. The number of nitrogens with zero attached hydrogens (tertiary/aromatic N) is 2. The van der Waals surface area contributed by atoms with Gasteiger partial charge < -0.3 is 9.15 Å². The smallest absolute Gasteiger partial charge is 0.396 e. The SMILES string of the molecule is COC(=O)c1nnc(-c2ccccc2Br)o1. The number of carbonyl (C=O) groups excluding carboxylic acids is 1. The zero-order chi connectivity index (χ0) is 11.5. The lowest BCUT2D eigenvalue weighted by molar-refractivity contribution is 0.0556. The van der Waals surface area contributed by atoms with Crippen molar-refractivity contribution in [3.8, 4) is 11.5 Å². The highest BCUT2D eigenvalue weighted by atomic mass is 79.9. The van der Waals surface area contributed by atoms with E-state index in [0.717, 1.165) is 10.0 Å². The maximum absolute atomic E-state index is 11.1. The van der Waals surface area contributed by atoms with Crippen molar-refractivity contribution in [1.29, 1.82) is 0 Å². The van der Waals surface area contributed by atoms with Gasteiger partial charge in [0.25, 0.3) is 0 Å². The number of hydrogen-bond donors (Lipinski definition) is 0. The van der Waals surface area contributed by atoms with E-state index >= 15 is 0 Å². The van der Waals surface area contributed by atoms with Crippen LogP contribution in [0.2, 0.25) is 0 Å². The second kappa shape index (κ2) is 4.44. The molecule has 0 radical (unpaired) electrons. The molecular formula is C10H7BrN2O3. The third-order valence-corrected chi connectivity index (χ3v) is 2.58. The molecule has 16 heavy (non-hydrogen) atoms. The monoisotopic (exact) mass is 282 g/mol. The maximum Gasteiger partial charge on any atom is 0.396 e. The van der Waals surface area contributed by atoms with E-state index in [1.807, 2.05) is 18.2 Å². The van der Waals surface area contributed by atoms with Crippen LogP contribution in [-0.4, -0.2) is 23.3 Å². The minimum atomic E-state index is -0.647. The van der Waals surface area contributed by atoms with Crippen LogP contribution in [0.4, 0.5) is 0 Å². The highest BCUT2D eigenvalue weighted by Gasteiger charge is 2.16. The van der Waals surface area contributed by atoms with Crippen molar-refractivity contribution < 1.29 is 13.9 Å². The Bertz CT molecular complexity index is 524. The summed E-state index contributed by atoms with van der Waals surface area (Å²) in [6, 6.07) is 7.35. The van der Waals surface area contributed by atoms with Gasteiger partial charge in [-0.2, -0.15) is 0 Å². The number of rotatable bonds is 2. The lowest BCUT2D eigenvalue weighted by Gasteiger charge is -1.96. The van der Waals surface area contributed by atoms with Gasteiger partial charge in [-0.15, -0.1) is 10.2 Å². The number of halogens is 1. The van der Waals surface area contributed by atoms with Crippen LogP contribution in [0, 0.1) is 0 Å². The Labute approximate surface area is 99.6 Å². The van der Waals surface area contributed by atoms with E-state index in [1.165, 1.54) is 7.11 Å². The van der Waals surface area contributed by atoms with Gasteiger partial charge in [-0.3, -0.25) is 0 Å². The minimum Gasteiger partial charge on any atom is -0.462 e. The summed E-state index contributed by atoms with van der Waals surface area (Å²) >= 11 is 3.35. The number of carbonyl (C=O) groups is 1. The first kappa shape index (κ1) is 10.8. The molecule has 0 spiro atoms. The van der Waals surface area contributed by atoms with Gasteiger partial charge in [0.1, 0.15) is 0 Å². The van der Waals surface area contributed by atoms with E-state index in [9.17, 15) is 4.79 Å². The molecule has 0 bridgehead atoms. The Morgan fingerprint density at radius 3 is 2.81 bits per heavy atom. The molecule has 0 saturated carbocycles. The molecule has 5 nitrogen and oxygen atoms in total. The van der Waals surface area contributed by atoms with E-state index in [0.29, 0.717) is 0 Å². The van der Waals surface area contributed by atoms with Crippen molar-refractivity contribution in [2.75, 3.05) is 7.11 Å². The predicted octanol–water partition coefficient (Wildman–Crippen LogP) is 2.29. The van der Waals surface area contributed by atoms with Gasteiger partial charge in [0.15, 0.2) is 0 Å². The summed E-state index contributed by atoms with van der Waals surface area (Å²) in [5.74, 6) is -0.535. The molecule has 0 N–H and O–H groups in total. The number of benzene rings is 1. The number of aromatic nitrogens is 2. The van der Waals surface area contributed by atoms with Crippen LogP contribution in [-0.2, 0) is 4.74 Å². The summed E-state index contributed by atoms with van der Waals surface area (Å²) in [5.41, 5.74) is 0.727. The van der Waals surface area contributed by atoms with Gasteiger partial charge in [-0.1, -0.05) is 12.1 Å². The number of methoxy groups -OCH3 is 1. The fourth-order valence-electron chi connectivity index (χ4n) is 1.14. The van der Waals surface area contributed by atoms with Crippen LogP contribution in [0.15, 0.2) is 33.2 Å². The molecule has 0 unspecified atom stereocenters. The number of esters is 1. The lowest BCUT2D eigenvalue weighted by Crippen LogP contribution is -2.00. The van der Waals surface area contributed by atoms with E-state index in [-0.39, 0.29) is 11.8 Å². The molecule has 0 aliphatic carbocycles. The molecule has 1 heterocycles. The van der Waals surface area contributed by atoms with Crippen LogP contribution in [0.1, 0.15) is 10.7 Å². The first-order valence-corrected chi connectivity index (χ1v) is 5.18. The third-order valence-electron chi connectivity index (χ3n) is 1.89. The first-order valence-electron chi connectivity index (χ1n) is 4.39. The largest absolute Gasteiger partial charge is 0.462 e. The van der Waals surface area contributed by atoms with E-state index in [1.54, 1.807) is 6.07 Å². The van der Waals surface area contributed by atoms with Gasteiger partial charge in [0, 0.05) is 4.47 Å².